The molecule has 0 aliphatic heterocycles. The van der Waals surface area contributed by atoms with Gasteiger partial charge in [-0.25, -0.2) is 0 Å². The number of carboxylic acids is 2. The highest BCUT2D eigenvalue weighted by molar-refractivity contribution is 5.73. The molecule has 0 rings (SSSR count). The average molecular weight is 219 g/mol. The van der Waals surface area contributed by atoms with Gasteiger partial charge in [-0.15, -0.1) is 0 Å². The van der Waals surface area contributed by atoms with Crippen molar-refractivity contribution in [1.82, 2.24) is 0 Å². The standard InChI is InChI=1S/C5H8NO3.C3H7NO2/c6-4(5(8)9)2-1-3-7;1-2(4)3(5)6/h4H,1-2,6H2,(H,8,9);2H,4H2,1H3,(H,5,6)/t4-;/m0./s1. The molecule has 0 saturated heterocycles. The third-order valence-corrected chi connectivity index (χ3v) is 1.26. The Kier molecular flexibility index (Phi) is 9.69. The van der Waals surface area contributed by atoms with Crippen molar-refractivity contribution in [1.29, 1.82) is 0 Å². The first-order chi connectivity index (χ1) is 6.82. The van der Waals surface area contributed by atoms with Crippen molar-refractivity contribution in [2.24, 2.45) is 11.5 Å². The van der Waals surface area contributed by atoms with Gasteiger partial charge in [-0.05, 0) is 13.3 Å². The van der Waals surface area contributed by atoms with E-state index in [0.717, 1.165) is 0 Å². The number of aliphatic carboxylic acids is 2. The number of nitrogens with two attached hydrogens (primary N) is 2. The van der Waals surface area contributed by atoms with E-state index < -0.39 is 24.0 Å². The number of carbonyl (C=O) groups is 2. The van der Waals surface area contributed by atoms with Crippen LogP contribution in [0.2, 0.25) is 0 Å². The van der Waals surface area contributed by atoms with Crippen molar-refractivity contribution in [3.05, 3.63) is 0 Å². The summed E-state index contributed by atoms with van der Waals surface area (Å²) in [6.07, 6.45) is 1.82. The molecular formula is C8H15N2O5. The van der Waals surface area contributed by atoms with Crippen molar-refractivity contribution in [2.45, 2.75) is 31.8 Å². The molecule has 0 aliphatic carbocycles. The highest BCUT2D eigenvalue weighted by atomic mass is 16.4. The van der Waals surface area contributed by atoms with Crippen LogP contribution in [0.5, 0.6) is 0 Å². The fraction of sp³-hybridized carbons (Fsp3) is 0.625. The molecule has 87 valence electrons. The molecule has 15 heavy (non-hydrogen) atoms. The van der Waals surface area contributed by atoms with E-state index in [4.69, 9.17) is 21.7 Å². The minimum absolute atomic E-state index is 0.0907. The smallest absolute Gasteiger partial charge is 0.320 e. The Morgan fingerprint density at radius 3 is 1.87 bits per heavy atom. The molecule has 0 aromatic heterocycles. The first-order valence-electron chi connectivity index (χ1n) is 4.14. The maximum absolute atomic E-state index is 9.95. The highest BCUT2D eigenvalue weighted by Gasteiger charge is 2.09. The van der Waals surface area contributed by atoms with Gasteiger partial charge in [-0.3, -0.25) is 14.4 Å². The molecule has 7 heteroatoms. The van der Waals surface area contributed by atoms with Gasteiger partial charge < -0.3 is 21.7 Å². The number of carbonyl (C=O) groups excluding carboxylic acids is 1. The second kappa shape index (κ2) is 9.10. The summed E-state index contributed by atoms with van der Waals surface area (Å²) in [5, 5.41) is 16.0. The topological polar surface area (TPSA) is 144 Å². The van der Waals surface area contributed by atoms with Crippen LogP contribution in [0, 0.1) is 0 Å². The van der Waals surface area contributed by atoms with E-state index in [1.807, 2.05) is 0 Å². The van der Waals surface area contributed by atoms with Crippen molar-refractivity contribution < 1.29 is 24.6 Å². The van der Waals surface area contributed by atoms with Crippen LogP contribution in [0.15, 0.2) is 0 Å². The predicted octanol–water partition coefficient (Wildman–Crippen LogP) is -1.29. The van der Waals surface area contributed by atoms with Crippen molar-refractivity contribution in [3.8, 4) is 0 Å². The number of rotatable bonds is 5. The summed E-state index contributed by atoms with van der Waals surface area (Å²) in [7, 11) is 0. The summed E-state index contributed by atoms with van der Waals surface area (Å²) in [6, 6.07) is -1.66. The summed E-state index contributed by atoms with van der Waals surface area (Å²) in [4.78, 5) is 29.1. The van der Waals surface area contributed by atoms with E-state index in [2.05, 4.69) is 0 Å². The Morgan fingerprint density at radius 2 is 1.67 bits per heavy atom. The van der Waals surface area contributed by atoms with Crippen molar-refractivity contribution >= 4 is 18.2 Å². The second-order valence-corrected chi connectivity index (χ2v) is 2.75. The molecule has 0 amide bonds. The molecule has 0 fully saturated rings. The SMILES string of the molecule is CC(N)C(=O)O.N[C@@H](CC[C]=O)C(=O)O. The zero-order valence-electron chi connectivity index (χ0n) is 8.34. The van der Waals surface area contributed by atoms with E-state index in [0.29, 0.717) is 0 Å². The summed E-state index contributed by atoms with van der Waals surface area (Å²) in [5.74, 6) is -2.04. The minimum atomic E-state index is -1.08. The lowest BCUT2D eigenvalue weighted by molar-refractivity contribution is -0.139. The largest absolute Gasteiger partial charge is 0.480 e. The lowest BCUT2D eigenvalue weighted by atomic mass is 10.2. The van der Waals surface area contributed by atoms with Crippen molar-refractivity contribution in [2.75, 3.05) is 0 Å². The minimum Gasteiger partial charge on any atom is -0.480 e. The molecule has 0 aromatic carbocycles. The van der Waals surface area contributed by atoms with E-state index >= 15 is 0 Å². The number of carboxylic acid groups (broad SMARTS) is 2. The van der Waals surface area contributed by atoms with Crippen LogP contribution >= 0.6 is 0 Å². The summed E-state index contributed by atoms with van der Waals surface area (Å²) < 4.78 is 0. The lowest BCUT2D eigenvalue weighted by Crippen LogP contribution is -2.29. The van der Waals surface area contributed by atoms with Gasteiger partial charge in [0.1, 0.15) is 12.1 Å². The molecule has 0 spiro atoms. The molecule has 6 N–H and O–H groups in total. The van der Waals surface area contributed by atoms with Crippen LogP contribution in [-0.4, -0.2) is 40.5 Å². The fourth-order valence-electron chi connectivity index (χ4n) is 0.338. The van der Waals surface area contributed by atoms with Crippen LogP contribution in [0.1, 0.15) is 19.8 Å². The van der Waals surface area contributed by atoms with Crippen LogP contribution < -0.4 is 11.5 Å². The Bertz CT molecular complexity index is 217. The van der Waals surface area contributed by atoms with Gasteiger partial charge in [0.2, 0.25) is 0 Å². The van der Waals surface area contributed by atoms with Gasteiger partial charge in [0, 0.05) is 6.42 Å². The van der Waals surface area contributed by atoms with Gasteiger partial charge >= 0.3 is 11.9 Å². The maximum Gasteiger partial charge on any atom is 0.320 e. The molecule has 0 aromatic rings. The first kappa shape index (κ1) is 16.0. The fourth-order valence-corrected chi connectivity index (χ4v) is 0.338. The van der Waals surface area contributed by atoms with E-state index in [9.17, 15) is 14.4 Å². The van der Waals surface area contributed by atoms with Gasteiger partial charge in [0.15, 0.2) is 6.29 Å². The second-order valence-electron chi connectivity index (χ2n) is 2.75. The van der Waals surface area contributed by atoms with Gasteiger partial charge in [-0.1, -0.05) is 0 Å². The molecule has 0 saturated carbocycles. The van der Waals surface area contributed by atoms with Gasteiger partial charge in [-0.2, -0.15) is 0 Å². The number of hydrogen-bond acceptors (Lipinski definition) is 5. The summed E-state index contributed by atoms with van der Waals surface area (Å²) in [5.41, 5.74) is 9.86. The molecular weight excluding hydrogens is 204 g/mol. The third kappa shape index (κ3) is 12.5. The molecule has 1 unspecified atom stereocenters. The zero-order valence-corrected chi connectivity index (χ0v) is 8.34. The van der Waals surface area contributed by atoms with E-state index in [1.165, 1.54) is 6.92 Å². The molecule has 1 radical (unpaired) electrons. The Balaban J connectivity index is 0. The van der Waals surface area contributed by atoms with Crippen LogP contribution in [0.4, 0.5) is 0 Å². The zero-order chi connectivity index (χ0) is 12.4. The Labute approximate surface area is 87.1 Å². The van der Waals surface area contributed by atoms with E-state index in [-0.39, 0.29) is 12.8 Å². The Hall–Kier alpha value is -1.47. The number of hydrogen-bond donors (Lipinski definition) is 4. The van der Waals surface area contributed by atoms with Gasteiger partial charge in [0.25, 0.3) is 0 Å². The molecule has 0 aliphatic rings. The first-order valence-corrected chi connectivity index (χ1v) is 4.14. The predicted molar refractivity (Wildman–Crippen MR) is 51.8 cm³/mol. The third-order valence-electron chi connectivity index (χ3n) is 1.26. The summed E-state index contributed by atoms with van der Waals surface area (Å²) >= 11 is 0. The normalized spacial score (nSPS) is 13.0. The highest BCUT2D eigenvalue weighted by Crippen LogP contribution is 1.90. The van der Waals surface area contributed by atoms with Gasteiger partial charge in [0.05, 0.1) is 0 Å². The van der Waals surface area contributed by atoms with Crippen LogP contribution in [0.3, 0.4) is 0 Å². The average Bonchev–Trinajstić information content (AvgIpc) is 2.14. The Morgan fingerprint density at radius 1 is 1.27 bits per heavy atom. The quantitative estimate of drug-likeness (QED) is 0.450. The maximum atomic E-state index is 9.95. The monoisotopic (exact) mass is 219 g/mol. The van der Waals surface area contributed by atoms with Crippen LogP contribution in [-0.2, 0) is 14.4 Å². The summed E-state index contributed by atoms with van der Waals surface area (Å²) in [6.45, 7) is 1.42. The van der Waals surface area contributed by atoms with E-state index in [1.54, 1.807) is 6.29 Å². The lowest BCUT2D eigenvalue weighted by Gasteiger charge is -1.99. The van der Waals surface area contributed by atoms with Crippen molar-refractivity contribution in [3.63, 3.8) is 0 Å². The van der Waals surface area contributed by atoms with Crippen LogP contribution in [0.25, 0.3) is 0 Å². The molecule has 2 atom stereocenters. The molecule has 0 heterocycles. The molecule has 7 nitrogen and oxygen atoms in total. The molecule has 0 bridgehead atoms.